The SMILES string of the molecule is O=C(Nc1ccc(F)cc1)NC1CCN(C(=O)c2cccc(N3CCOC3=O)c2)C1. The van der Waals surface area contributed by atoms with Crippen molar-refractivity contribution in [2.24, 2.45) is 0 Å². The van der Waals surface area contributed by atoms with Crippen molar-refractivity contribution in [1.82, 2.24) is 10.2 Å². The van der Waals surface area contributed by atoms with Crippen molar-refractivity contribution in [2.45, 2.75) is 12.5 Å². The van der Waals surface area contributed by atoms with Gasteiger partial charge in [0.25, 0.3) is 5.91 Å². The summed E-state index contributed by atoms with van der Waals surface area (Å²) < 4.78 is 17.9. The number of ether oxygens (including phenoxy) is 1. The smallest absolute Gasteiger partial charge is 0.414 e. The Kier molecular flexibility index (Phi) is 5.51. The number of carbonyl (C=O) groups is 3. The molecular weight excluding hydrogens is 391 g/mol. The summed E-state index contributed by atoms with van der Waals surface area (Å²) in [6.07, 6.45) is 0.206. The summed E-state index contributed by atoms with van der Waals surface area (Å²) in [6, 6.07) is 11.8. The highest BCUT2D eigenvalue weighted by Crippen LogP contribution is 2.22. The number of nitrogens with zero attached hydrogens (tertiary/aromatic N) is 2. The second-order valence-electron chi connectivity index (χ2n) is 7.16. The maximum absolute atomic E-state index is 13.0. The molecule has 0 bridgehead atoms. The molecule has 4 rings (SSSR count). The van der Waals surface area contributed by atoms with Crippen molar-refractivity contribution in [3.05, 3.63) is 59.9 Å². The number of carbonyl (C=O) groups excluding carboxylic acids is 3. The number of urea groups is 1. The minimum Gasteiger partial charge on any atom is -0.447 e. The summed E-state index contributed by atoms with van der Waals surface area (Å²) in [4.78, 5) is 39.9. The van der Waals surface area contributed by atoms with Crippen LogP contribution < -0.4 is 15.5 Å². The molecule has 0 saturated carbocycles. The topological polar surface area (TPSA) is 91.0 Å². The van der Waals surface area contributed by atoms with Crippen LogP contribution in [-0.4, -0.2) is 55.2 Å². The van der Waals surface area contributed by atoms with E-state index in [1.165, 1.54) is 29.2 Å². The Balaban J connectivity index is 1.34. The molecule has 2 aromatic carbocycles. The van der Waals surface area contributed by atoms with Crippen LogP contribution >= 0.6 is 0 Å². The van der Waals surface area contributed by atoms with E-state index in [1.54, 1.807) is 29.2 Å². The molecule has 0 radical (unpaired) electrons. The van der Waals surface area contributed by atoms with Crippen LogP contribution in [0.4, 0.5) is 25.4 Å². The average molecular weight is 412 g/mol. The number of rotatable bonds is 4. The maximum Gasteiger partial charge on any atom is 0.414 e. The van der Waals surface area contributed by atoms with Crippen molar-refractivity contribution >= 4 is 29.4 Å². The van der Waals surface area contributed by atoms with E-state index in [0.717, 1.165) is 0 Å². The number of cyclic esters (lactones) is 1. The van der Waals surface area contributed by atoms with E-state index in [0.29, 0.717) is 49.6 Å². The van der Waals surface area contributed by atoms with Crippen molar-refractivity contribution in [1.29, 1.82) is 0 Å². The van der Waals surface area contributed by atoms with Crippen LogP contribution in [0.15, 0.2) is 48.5 Å². The van der Waals surface area contributed by atoms with Crippen molar-refractivity contribution in [3.8, 4) is 0 Å². The van der Waals surface area contributed by atoms with Crippen LogP contribution in [0, 0.1) is 5.82 Å². The molecule has 2 fully saturated rings. The van der Waals surface area contributed by atoms with E-state index in [-0.39, 0.29) is 17.8 Å². The van der Waals surface area contributed by atoms with Gasteiger partial charge in [-0.25, -0.2) is 14.0 Å². The van der Waals surface area contributed by atoms with Gasteiger partial charge in [0.05, 0.1) is 6.54 Å². The van der Waals surface area contributed by atoms with Crippen LogP contribution in [0.5, 0.6) is 0 Å². The number of anilines is 2. The molecule has 156 valence electrons. The van der Waals surface area contributed by atoms with E-state index < -0.39 is 12.1 Å². The van der Waals surface area contributed by atoms with Gasteiger partial charge in [-0.1, -0.05) is 6.07 Å². The largest absolute Gasteiger partial charge is 0.447 e. The molecule has 0 spiro atoms. The quantitative estimate of drug-likeness (QED) is 0.808. The Labute approximate surface area is 172 Å². The van der Waals surface area contributed by atoms with Gasteiger partial charge in [-0.3, -0.25) is 9.69 Å². The molecule has 0 aliphatic carbocycles. The Hall–Kier alpha value is -3.62. The van der Waals surface area contributed by atoms with E-state index in [2.05, 4.69) is 10.6 Å². The van der Waals surface area contributed by atoms with E-state index in [9.17, 15) is 18.8 Å². The third kappa shape index (κ3) is 4.35. The second kappa shape index (κ2) is 8.40. The van der Waals surface area contributed by atoms with Gasteiger partial charge >= 0.3 is 12.1 Å². The Bertz CT molecular complexity index is 966. The molecule has 8 nitrogen and oxygen atoms in total. The lowest BCUT2D eigenvalue weighted by atomic mass is 10.1. The predicted octanol–water partition coefficient (Wildman–Crippen LogP) is 2.82. The average Bonchev–Trinajstić information content (AvgIpc) is 3.38. The lowest BCUT2D eigenvalue weighted by molar-refractivity contribution is 0.0789. The summed E-state index contributed by atoms with van der Waals surface area (Å²) in [5.41, 5.74) is 1.58. The van der Waals surface area contributed by atoms with Gasteiger partial charge in [-0.2, -0.15) is 0 Å². The summed E-state index contributed by atoms with van der Waals surface area (Å²) in [5, 5.41) is 5.48. The number of hydrogen-bond acceptors (Lipinski definition) is 4. The van der Waals surface area contributed by atoms with Gasteiger partial charge in [-0.15, -0.1) is 0 Å². The standard InChI is InChI=1S/C21H21FN4O4/c22-15-4-6-16(7-5-15)23-20(28)24-17-8-9-25(13-17)19(27)14-2-1-3-18(12-14)26-10-11-30-21(26)29/h1-7,12,17H,8-11,13H2,(H2,23,24,28). The molecule has 2 N–H and O–H groups in total. The molecule has 4 amide bonds. The normalized spacial score (nSPS) is 18.3. The molecule has 1 atom stereocenters. The zero-order valence-corrected chi connectivity index (χ0v) is 16.1. The molecule has 0 aromatic heterocycles. The first-order valence-electron chi connectivity index (χ1n) is 9.66. The third-order valence-corrected chi connectivity index (χ3v) is 5.08. The van der Waals surface area contributed by atoms with Gasteiger partial charge in [0.1, 0.15) is 12.4 Å². The highest BCUT2D eigenvalue weighted by atomic mass is 19.1. The van der Waals surface area contributed by atoms with Crippen LogP contribution in [0.1, 0.15) is 16.8 Å². The summed E-state index contributed by atoms with van der Waals surface area (Å²) in [7, 11) is 0. The van der Waals surface area contributed by atoms with Crippen molar-refractivity contribution in [2.75, 3.05) is 36.5 Å². The fourth-order valence-electron chi connectivity index (χ4n) is 3.57. The number of benzene rings is 2. The molecule has 2 aliphatic heterocycles. The molecule has 2 saturated heterocycles. The molecular formula is C21H21FN4O4. The van der Waals surface area contributed by atoms with E-state index in [4.69, 9.17) is 4.74 Å². The molecule has 9 heteroatoms. The summed E-state index contributed by atoms with van der Waals surface area (Å²) in [6.45, 7) is 1.67. The van der Waals surface area contributed by atoms with Crippen LogP contribution in [-0.2, 0) is 4.74 Å². The fourth-order valence-corrected chi connectivity index (χ4v) is 3.57. The molecule has 2 aliphatic rings. The third-order valence-electron chi connectivity index (χ3n) is 5.08. The molecule has 1 unspecified atom stereocenters. The van der Waals surface area contributed by atoms with Gasteiger partial charge in [-0.05, 0) is 48.9 Å². The number of amides is 4. The second-order valence-corrected chi connectivity index (χ2v) is 7.16. The van der Waals surface area contributed by atoms with E-state index in [1.807, 2.05) is 0 Å². The monoisotopic (exact) mass is 412 g/mol. The number of likely N-dealkylation sites (tertiary alicyclic amines) is 1. The van der Waals surface area contributed by atoms with Crippen LogP contribution in [0.25, 0.3) is 0 Å². The van der Waals surface area contributed by atoms with Crippen molar-refractivity contribution < 1.29 is 23.5 Å². The molecule has 2 heterocycles. The predicted molar refractivity (Wildman–Crippen MR) is 108 cm³/mol. The molecule has 30 heavy (non-hydrogen) atoms. The highest BCUT2D eigenvalue weighted by Gasteiger charge is 2.29. The minimum atomic E-state index is -0.419. The first-order chi connectivity index (χ1) is 14.5. The van der Waals surface area contributed by atoms with Gasteiger partial charge in [0.15, 0.2) is 0 Å². The fraction of sp³-hybridized carbons (Fsp3) is 0.286. The van der Waals surface area contributed by atoms with Crippen LogP contribution in [0.2, 0.25) is 0 Å². The van der Waals surface area contributed by atoms with Gasteiger partial charge < -0.3 is 20.3 Å². The Morgan fingerprint density at radius 1 is 1.10 bits per heavy atom. The number of halogens is 1. The first-order valence-corrected chi connectivity index (χ1v) is 9.66. The van der Waals surface area contributed by atoms with E-state index >= 15 is 0 Å². The van der Waals surface area contributed by atoms with Gasteiger partial charge in [0, 0.05) is 36.1 Å². The zero-order chi connectivity index (χ0) is 21.1. The molecule has 2 aromatic rings. The number of nitrogens with one attached hydrogen (secondary N) is 2. The lowest BCUT2D eigenvalue weighted by Gasteiger charge is -2.19. The van der Waals surface area contributed by atoms with Crippen molar-refractivity contribution in [3.63, 3.8) is 0 Å². The summed E-state index contributed by atoms with van der Waals surface area (Å²) >= 11 is 0. The van der Waals surface area contributed by atoms with Crippen LogP contribution in [0.3, 0.4) is 0 Å². The Morgan fingerprint density at radius 3 is 2.63 bits per heavy atom. The maximum atomic E-state index is 13.0. The minimum absolute atomic E-state index is 0.160. The number of hydrogen-bond donors (Lipinski definition) is 2. The first kappa shape index (κ1) is 19.7. The summed E-state index contributed by atoms with van der Waals surface area (Å²) in [5.74, 6) is -0.538. The highest BCUT2D eigenvalue weighted by molar-refractivity contribution is 5.97. The Morgan fingerprint density at radius 2 is 1.90 bits per heavy atom. The zero-order valence-electron chi connectivity index (χ0n) is 16.1. The van der Waals surface area contributed by atoms with Gasteiger partial charge in [0.2, 0.25) is 0 Å². The lowest BCUT2D eigenvalue weighted by Crippen LogP contribution is -2.40.